The fourth-order valence-electron chi connectivity index (χ4n) is 2.62. The van der Waals surface area contributed by atoms with E-state index in [4.69, 9.17) is 0 Å². The second kappa shape index (κ2) is 5.85. The fraction of sp³-hybridized carbons (Fsp3) is 0.375. The van der Waals surface area contributed by atoms with Gasteiger partial charge in [0.2, 0.25) is 0 Å². The highest BCUT2D eigenvalue weighted by Gasteiger charge is 2.22. The normalized spacial score (nSPS) is 17.6. The summed E-state index contributed by atoms with van der Waals surface area (Å²) < 4.78 is 2.40. The average Bonchev–Trinajstić information content (AvgIpc) is 3.02. The van der Waals surface area contributed by atoms with Crippen molar-refractivity contribution in [2.24, 2.45) is 0 Å². The third-order valence-electron chi connectivity index (χ3n) is 3.59. The fourth-order valence-corrected chi connectivity index (χ4v) is 3.93. The van der Waals surface area contributed by atoms with Crippen molar-refractivity contribution in [3.63, 3.8) is 0 Å². The third-order valence-corrected chi connectivity index (χ3v) is 4.90. The SMILES string of the molecule is CCNCc1cccn1CC1Cc2ccccc2S1. The van der Waals surface area contributed by atoms with E-state index in [1.807, 2.05) is 11.8 Å². The zero-order chi connectivity index (χ0) is 13.1. The Bertz CT molecular complexity index is 522. The molecule has 0 radical (unpaired) electrons. The van der Waals surface area contributed by atoms with Crippen LogP contribution in [-0.4, -0.2) is 16.4 Å². The summed E-state index contributed by atoms with van der Waals surface area (Å²) in [5.74, 6) is 0. The van der Waals surface area contributed by atoms with Crippen LogP contribution in [0.4, 0.5) is 0 Å². The summed E-state index contributed by atoms with van der Waals surface area (Å²) in [7, 11) is 0. The molecule has 2 aromatic rings. The third kappa shape index (κ3) is 2.88. The Morgan fingerprint density at radius 1 is 1.26 bits per heavy atom. The molecule has 1 atom stereocenters. The highest BCUT2D eigenvalue weighted by atomic mass is 32.2. The van der Waals surface area contributed by atoms with Crippen molar-refractivity contribution >= 4 is 11.8 Å². The first-order valence-electron chi connectivity index (χ1n) is 6.96. The van der Waals surface area contributed by atoms with Gasteiger partial charge in [-0.25, -0.2) is 0 Å². The van der Waals surface area contributed by atoms with Crippen LogP contribution in [0.5, 0.6) is 0 Å². The van der Waals surface area contributed by atoms with Crippen molar-refractivity contribution in [2.45, 2.75) is 36.6 Å². The molecule has 1 N–H and O–H groups in total. The van der Waals surface area contributed by atoms with Crippen LogP contribution in [0, 0.1) is 0 Å². The number of rotatable bonds is 5. The molecule has 2 nitrogen and oxygen atoms in total. The van der Waals surface area contributed by atoms with E-state index in [2.05, 4.69) is 59.4 Å². The van der Waals surface area contributed by atoms with Crippen molar-refractivity contribution < 1.29 is 0 Å². The number of hydrogen-bond donors (Lipinski definition) is 1. The Balaban J connectivity index is 1.66. The van der Waals surface area contributed by atoms with E-state index in [0.717, 1.165) is 19.6 Å². The zero-order valence-corrected chi connectivity index (χ0v) is 12.1. The van der Waals surface area contributed by atoms with Crippen molar-refractivity contribution in [1.29, 1.82) is 0 Å². The van der Waals surface area contributed by atoms with Crippen LogP contribution in [0.15, 0.2) is 47.5 Å². The summed E-state index contributed by atoms with van der Waals surface area (Å²) in [6.07, 6.45) is 3.40. The van der Waals surface area contributed by atoms with E-state index in [1.165, 1.54) is 22.6 Å². The quantitative estimate of drug-likeness (QED) is 0.899. The summed E-state index contributed by atoms with van der Waals surface area (Å²) in [5, 5.41) is 4.08. The lowest BCUT2D eigenvalue weighted by molar-refractivity contribution is 0.606. The zero-order valence-electron chi connectivity index (χ0n) is 11.3. The lowest BCUT2D eigenvalue weighted by atomic mass is 10.1. The Kier molecular flexibility index (Phi) is 3.95. The number of aromatic nitrogens is 1. The first-order valence-corrected chi connectivity index (χ1v) is 7.84. The van der Waals surface area contributed by atoms with Crippen LogP contribution >= 0.6 is 11.8 Å². The van der Waals surface area contributed by atoms with E-state index in [0.29, 0.717) is 5.25 Å². The molecule has 0 saturated carbocycles. The predicted octanol–water partition coefficient (Wildman–Crippen LogP) is 3.31. The monoisotopic (exact) mass is 272 g/mol. The second-order valence-corrected chi connectivity index (χ2v) is 6.33. The van der Waals surface area contributed by atoms with Gasteiger partial charge in [-0.15, -0.1) is 11.8 Å². The molecule has 0 amide bonds. The number of fused-ring (bicyclic) bond motifs is 1. The van der Waals surface area contributed by atoms with E-state index in [9.17, 15) is 0 Å². The number of nitrogens with one attached hydrogen (secondary N) is 1. The van der Waals surface area contributed by atoms with Gasteiger partial charge in [0.05, 0.1) is 0 Å². The largest absolute Gasteiger partial charge is 0.349 e. The molecule has 3 rings (SSSR count). The van der Waals surface area contributed by atoms with E-state index in [1.54, 1.807) is 0 Å². The van der Waals surface area contributed by atoms with Gasteiger partial charge >= 0.3 is 0 Å². The minimum Gasteiger partial charge on any atom is -0.349 e. The molecule has 1 aliphatic rings. The molecule has 2 heterocycles. The standard InChI is InChI=1S/C16H20N2S/c1-2-17-11-14-7-5-9-18(14)12-15-10-13-6-3-4-8-16(13)19-15/h3-9,15,17H,2,10-12H2,1H3. The summed E-state index contributed by atoms with van der Waals surface area (Å²) in [6, 6.07) is 13.2. The molecule has 3 heteroatoms. The topological polar surface area (TPSA) is 17.0 Å². The molecule has 1 unspecified atom stereocenters. The Morgan fingerprint density at radius 3 is 3.00 bits per heavy atom. The molecular weight excluding hydrogens is 252 g/mol. The molecule has 0 spiro atoms. The molecule has 0 fully saturated rings. The Hall–Kier alpha value is -1.19. The van der Waals surface area contributed by atoms with E-state index < -0.39 is 0 Å². The Morgan fingerprint density at radius 2 is 2.16 bits per heavy atom. The highest BCUT2D eigenvalue weighted by molar-refractivity contribution is 8.00. The van der Waals surface area contributed by atoms with Crippen LogP contribution in [0.3, 0.4) is 0 Å². The highest BCUT2D eigenvalue weighted by Crippen LogP contribution is 2.37. The minimum absolute atomic E-state index is 0.671. The van der Waals surface area contributed by atoms with Gasteiger partial charge in [0, 0.05) is 35.1 Å². The van der Waals surface area contributed by atoms with Crippen molar-refractivity contribution in [1.82, 2.24) is 9.88 Å². The molecule has 0 saturated heterocycles. The van der Waals surface area contributed by atoms with Gasteiger partial charge in [-0.2, -0.15) is 0 Å². The van der Waals surface area contributed by atoms with Crippen molar-refractivity contribution in [2.75, 3.05) is 6.54 Å². The van der Waals surface area contributed by atoms with Gasteiger partial charge in [-0.05, 0) is 36.7 Å². The lowest BCUT2D eigenvalue weighted by Crippen LogP contribution is -2.18. The maximum absolute atomic E-state index is 3.41. The maximum Gasteiger partial charge on any atom is 0.0359 e. The summed E-state index contributed by atoms with van der Waals surface area (Å²) in [5.41, 5.74) is 2.90. The molecule has 0 bridgehead atoms. The maximum atomic E-state index is 3.41. The smallest absolute Gasteiger partial charge is 0.0359 e. The molecule has 0 aliphatic carbocycles. The molecule has 100 valence electrons. The average molecular weight is 272 g/mol. The number of hydrogen-bond acceptors (Lipinski definition) is 2. The number of nitrogens with zero attached hydrogens (tertiary/aromatic N) is 1. The van der Waals surface area contributed by atoms with E-state index >= 15 is 0 Å². The predicted molar refractivity (Wildman–Crippen MR) is 81.6 cm³/mol. The first-order chi connectivity index (χ1) is 9.36. The molecule has 19 heavy (non-hydrogen) atoms. The molecule has 1 aliphatic heterocycles. The van der Waals surface area contributed by atoms with E-state index in [-0.39, 0.29) is 0 Å². The summed E-state index contributed by atoms with van der Waals surface area (Å²) >= 11 is 2.03. The van der Waals surface area contributed by atoms with Crippen LogP contribution < -0.4 is 5.32 Å². The first kappa shape index (κ1) is 12.8. The molecular formula is C16H20N2S. The van der Waals surface area contributed by atoms with Crippen LogP contribution in [-0.2, 0) is 19.5 Å². The van der Waals surface area contributed by atoms with Crippen molar-refractivity contribution in [3.8, 4) is 0 Å². The van der Waals surface area contributed by atoms with Crippen LogP contribution in [0.25, 0.3) is 0 Å². The van der Waals surface area contributed by atoms with Gasteiger partial charge in [-0.1, -0.05) is 25.1 Å². The van der Waals surface area contributed by atoms with Gasteiger partial charge in [0.25, 0.3) is 0 Å². The number of benzene rings is 1. The van der Waals surface area contributed by atoms with Gasteiger partial charge in [-0.3, -0.25) is 0 Å². The summed E-state index contributed by atoms with van der Waals surface area (Å²) in [6.45, 7) is 5.24. The van der Waals surface area contributed by atoms with Gasteiger partial charge < -0.3 is 9.88 Å². The number of thioether (sulfide) groups is 1. The van der Waals surface area contributed by atoms with Gasteiger partial charge in [0.15, 0.2) is 0 Å². The lowest BCUT2D eigenvalue weighted by Gasteiger charge is -2.14. The second-order valence-electron chi connectivity index (χ2n) is 4.98. The molecule has 1 aromatic heterocycles. The summed E-state index contributed by atoms with van der Waals surface area (Å²) in [4.78, 5) is 1.47. The Labute approximate surface area is 119 Å². The minimum atomic E-state index is 0.671. The van der Waals surface area contributed by atoms with Crippen LogP contribution in [0.1, 0.15) is 18.2 Å². The van der Waals surface area contributed by atoms with Crippen LogP contribution in [0.2, 0.25) is 0 Å². The molecule has 1 aromatic carbocycles. The van der Waals surface area contributed by atoms with Crippen molar-refractivity contribution in [3.05, 3.63) is 53.9 Å². The van der Waals surface area contributed by atoms with Gasteiger partial charge in [0.1, 0.15) is 0 Å².